The lowest BCUT2D eigenvalue weighted by molar-refractivity contribution is -0.141. The molecule has 0 aliphatic carbocycles. The molecule has 1 fully saturated rings. The highest BCUT2D eigenvalue weighted by atomic mass is 16.2. The van der Waals surface area contributed by atoms with Crippen LogP contribution in [0.3, 0.4) is 0 Å². The van der Waals surface area contributed by atoms with Crippen LogP contribution in [0, 0.1) is 5.41 Å². The standard InChI is InChI=1S/C15H30N2O/c1-4-7-11-17(12-8-5-2)14(18)15(6-3)9-10-16-13-15/h16H,4-13H2,1-3H3. The molecule has 0 bridgehead atoms. The number of hydrogen-bond acceptors (Lipinski definition) is 2. The van der Waals surface area contributed by atoms with Crippen LogP contribution in [0.25, 0.3) is 0 Å². The van der Waals surface area contributed by atoms with Gasteiger partial charge in [0.2, 0.25) is 5.91 Å². The molecule has 1 atom stereocenters. The lowest BCUT2D eigenvalue weighted by Crippen LogP contribution is -2.45. The molecule has 3 nitrogen and oxygen atoms in total. The number of amides is 1. The summed E-state index contributed by atoms with van der Waals surface area (Å²) in [6.45, 7) is 10.3. The van der Waals surface area contributed by atoms with Gasteiger partial charge in [-0.3, -0.25) is 4.79 Å². The van der Waals surface area contributed by atoms with Gasteiger partial charge in [-0.15, -0.1) is 0 Å². The Morgan fingerprint density at radius 2 is 1.78 bits per heavy atom. The van der Waals surface area contributed by atoms with Crippen molar-refractivity contribution in [2.45, 2.75) is 59.3 Å². The van der Waals surface area contributed by atoms with Crippen molar-refractivity contribution >= 4 is 5.91 Å². The molecule has 1 aliphatic rings. The molecule has 0 spiro atoms. The van der Waals surface area contributed by atoms with Crippen LogP contribution in [0.2, 0.25) is 0 Å². The monoisotopic (exact) mass is 254 g/mol. The van der Waals surface area contributed by atoms with Gasteiger partial charge in [-0.25, -0.2) is 0 Å². The van der Waals surface area contributed by atoms with Crippen LogP contribution in [0.4, 0.5) is 0 Å². The fourth-order valence-corrected chi connectivity index (χ4v) is 2.73. The normalized spacial score (nSPS) is 23.3. The molecule has 0 radical (unpaired) electrons. The number of carbonyl (C=O) groups excluding carboxylic acids is 1. The van der Waals surface area contributed by atoms with E-state index in [0.29, 0.717) is 5.91 Å². The Kier molecular flexibility index (Phi) is 6.69. The van der Waals surface area contributed by atoms with Crippen molar-refractivity contribution in [3.05, 3.63) is 0 Å². The third kappa shape index (κ3) is 3.71. The predicted molar refractivity (Wildman–Crippen MR) is 76.6 cm³/mol. The number of unbranched alkanes of at least 4 members (excludes halogenated alkanes) is 2. The van der Waals surface area contributed by atoms with Crippen LogP contribution in [0.5, 0.6) is 0 Å². The van der Waals surface area contributed by atoms with E-state index < -0.39 is 0 Å². The summed E-state index contributed by atoms with van der Waals surface area (Å²) in [6, 6.07) is 0. The van der Waals surface area contributed by atoms with Crippen molar-refractivity contribution in [1.82, 2.24) is 10.2 Å². The maximum atomic E-state index is 12.8. The van der Waals surface area contributed by atoms with Gasteiger partial charge in [0.15, 0.2) is 0 Å². The molecule has 0 aromatic carbocycles. The summed E-state index contributed by atoms with van der Waals surface area (Å²) in [5.41, 5.74) is -0.110. The van der Waals surface area contributed by atoms with Crippen LogP contribution in [0.1, 0.15) is 59.3 Å². The summed E-state index contributed by atoms with van der Waals surface area (Å²) in [7, 11) is 0. The van der Waals surface area contributed by atoms with Crippen molar-refractivity contribution in [3.8, 4) is 0 Å². The van der Waals surface area contributed by atoms with Gasteiger partial charge in [-0.2, -0.15) is 0 Å². The molecule has 3 heteroatoms. The van der Waals surface area contributed by atoms with Crippen LogP contribution in [0.15, 0.2) is 0 Å². The van der Waals surface area contributed by atoms with Crippen molar-refractivity contribution in [3.63, 3.8) is 0 Å². The Morgan fingerprint density at radius 1 is 1.17 bits per heavy atom. The van der Waals surface area contributed by atoms with Crippen LogP contribution in [-0.4, -0.2) is 37.0 Å². The first kappa shape index (κ1) is 15.5. The van der Waals surface area contributed by atoms with Crippen LogP contribution >= 0.6 is 0 Å². The average molecular weight is 254 g/mol. The maximum Gasteiger partial charge on any atom is 0.230 e. The molecule has 1 heterocycles. The van der Waals surface area contributed by atoms with Gasteiger partial charge in [0.25, 0.3) is 0 Å². The molecule has 0 saturated carbocycles. The Hall–Kier alpha value is -0.570. The number of nitrogens with one attached hydrogen (secondary N) is 1. The molecule has 106 valence electrons. The minimum Gasteiger partial charge on any atom is -0.342 e. The zero-order valence-corrected chi connectivity index (χ0v) is 12.4. The second kappa shape index (κ2) is 7.78. The number of hydrogen-bond donors (Lipinski definition) is 1. The van der Waals surface area contributed by atoms with Crippen molar-refractivity contribution in [2.75, 3.05) is 26.2 Å². The second-order valence-corrected chi connectivity index (χ2v) is 5.56. The van der Waals surface area contributed by atoms with Crippen LogP contribution < -0.4 is 5.32 Å². The number of rotatable bonds is 8. The molecule has 1 aliphatic heterocycles. The van der Waals surface area contributed by atoms with E-state index >= 15 is 0 Å². The Morgan fingerprint density at radius 3 is 2.17 bits per heavy atom. The maximum absolute atomic E-state index is 12.8. The van der Waals surface area contributed by atoms with E-state index in [0.717, 1.165) is 64.7 Å². The molecule has 1 unspecified atom stereocenters. The highest BCUT2D eigenvalue weighted by Crippen LogP contribution is 2.32. The molecule has 0 aromatic rings. The Bertz CT molecular complexity index is 239. The summed E-state index contributed by atoms with van der Waals surface area (Å²) < 4.78 is 0. The van der Waals surface area contributed by atoms with Gasteiger partial charge in [-0.05, 0) is 32.2 Å². The minimum atomic E-state index is -0.110. The highest BCUT2D eigenvalue weighted by Gasteiger charge is 2.41. The quantitative estimate of drug-likeness (QED) is 0.722. The summed E-state index contributed by atoms with van der Waals surface area (Å²) in [4.78, 5) is 14.9. The molecular weight excluding hydrogens is 224 g/mol. The molecule has 1 rings (SSSR count). The molecule has 1 N–H and O–H groups in total. The summed E-state index contributed by atoms with van der Waals surface area (Å²) in [5.74, 6) is 0.400. The van der Waals surface area contributed by atoms with E-state index in [1.165, 1.54) is 0 Å². The zero-order valence-electron chi connectivity index (χ0n) is 12.4. The van der Waals surface area contributed by atoms with E-state index in [9.17, 15) is 4.79 Å². The fourth-order valence-electron chi connectivity index (χ4n) is 2.73. The van der Waals surface area contributed by atoms with E-state index in [2.05, 4.69) is 31.0 Å². The zero-order chi connectivity index (χ0) is 13.4. The largest absolute Gasteiger partial charge is 0.342 e. The third-order valence-electron chi connectivity index (χ3n) is 4.22. The SMILES string of the molecule is CCCCN(CCCC)C(=O)C1(CC)CCNC1. The van der Waals surface area contributed by atoms with Crippen LogP contribution in [-0.2, 0) is 4.79 Å². The van der Waals surface area contributed by atoms with Crippen molar-refractivity contribution < 1.29 is 4.79 Å². The highest BCUT2D eigenvalue weighted by molar-refractivity contribution is 5.83. The molecule has 1 saturated heterocycles. The van der Waals surface area contributed by atoms with E-state index in [4.69, 9.17) is 0 Å². The van der Waals surface area contributed by atoms with Gasteiger partial charge >= 0.3 is 0 Å². The van der Waals surface area contributed by atoms with Gasteiger partial charge < -0.3 is 10.2 Å². The first-order valence-corrected chi connectivity index (χ1v) is 7.70. The topological polar surface area (TPSA) is 32.3 Å². The van der Waals surface area contributed by atoms with E-state index in [1.807, 2.05) is 0 Å². The smallest absolute Gasteiger partial charge is 0.230 e. The number of nitrogens with zero attached hydrogens (tertiary/aromatic N) is 1. The predicted octanol–water partition coefficient (Wildman–Crippen LogP) is 2.80. The van der Waals surface area contributed by atoms with E-state index in [1.54, 1.807) is 0 Å². The summed E-state index contributed by atoms with van der Waals surface area (Å²) in [6.07, 6.45) is 6.55. The second-order valence-electron chi connectivity index (χ2n) is 5.56. The van der Waals surface area contributed by atoms with Gasteiger partial charge in [-0.1, -0.05) is 33.6 Å². The fraction of sp³-hybridized carbons (Fsp3) is 0.933. The van der Waals surface area contributed by atoms with Crippen molar-refractivity contribution in [2.24, 2.45) is 5.41 Å². The van der Waals surface area contributed by atoms with Gasteiger partial charge in [0.05, 0.1) is 5.41 Å². The molecule has 1 amide bonds. The first-order valence-electron chi connectivity index (χ1n) is 7.70. The summed E-state index contributed by atoms with van der Waals surface area (Å²) >= 11 is 0. The van der Waals surface area contributed by atoms with Crippen molar-refractivity contribution in [1.29, 1.82) is 0 Å². The third-order valence-corrected chi connectivity index (χ3v) is 4.22. The summed E-state index contributed by atoms with van der Waals surface area (Å²) in [5, 5.41) is 3.36. The number of carbonyl (C=O) groups is 1. The minimum absolute atomic E-state index is 0.110. The lowest BCUT2D eigenvalue weighted by atomic mass is 9.82. The van der Waals surface area contributed by atoms with Gasteiger partial charge in [0.1, 0.15) is 0 Å². The Labute approximate surface area is 112 Å². The molecule has 18 heavy (non-hydrogen) atoms. The Balaban J connectivity index is 2.66. The molecular formula is C15H30N2O. The first-order chi connectivity index (χ1) is 8.70. The van der Waals surface area contributed by atoms with E-state index in [-0.39, 0.29) is 5.41 Å². The molecule has 0 aromatic heterocycles. The lowest BCUT2D eigenvalue weighted by Gasteiger charge is -2.33. The van der Waals surface area contributed by atoms with Gasteiger partial charge in [0, 0.05) is 19.6 Å². The average Bonchev–Trinajstić information content (AvgIpc) is 2.88.